The number of aromatic nitrogens is 2. The van der Waals surface area contributed by atoms with Crippen molar-refractivity contribution in [3.05, 3.63) is 41.2 Å². The molecule has 1 aromatic carbocycles. The van der Waals surface area contributed by atoms with Crippen molar-refractivity contribution in [1.29, 1.82) is 0 Å². The molecule has 0 fully saturated rings. The van der Waals surface area contributed by atoms with Gasteiger partial charge >= 0.3 is 0 Å². The van der Waals surface area contributed by atoms with Crippen LogP contribution in [0, 0.1) is 6.92 Å². The van der Waals surface area contributed by atoms with E-state index in [1.165, 1.54) is 0 Å². The SMILES string of the molecule is Cc1c(Oc2cccc(Cl)c2)cnn1CCN. The average Bonchev–Trinajstić information content (AvgIpc) is 2.62. The molecule has 0 saturated carbocycles. The summed E-state index contributed by atoms with van der Waals surface area (Å²) in [5, 5.41) is 4.85. The van der Waals surface area contributed by atoms with E-state index in [1.54, 1.807) is 18.3 Å². The fourth-order valence-corrected chi connectivity index (χ4v) is 1.72. The molecule has 0 spiro atoms. The van der Waals surface area contributed by atoms with E-state index in [0.717, 1.165) is 11.4 Å². The molecule has 2 rings (SSSR count). The molecule has 0 atom stereocenters. The average molecular weight is 252 g/mol. The Morgan fingerprint density at radius 2 is 2.29 bits per heavy atom. The van der Waals surface area contributed by atoms with Crippen LogP contribution < -0.4 is 10.5 Å². The van der Waals surface area contributed by atoms with E-state index in [0.29, 0.717) is 23.9 Å². The summed E-state index contributed by atoms with van der Waals surface area (Å²) in [7, 11) is 0. The minimum Gasteiger partial charge on any atom is -0.454 e. The van der Waals surface area contributed by atoms with Crippen LogP contribution in [-0.4, -0.2) is 16.3 Å². The van der Waals surface area contributed by atoms with Gasteiger partial charge in [0.05, 0.1) is 18.4 Å². The first-order valence-electron chi connectivity index (χ1n) is 5.36. The molecule has 0 saturated heterocycles. The van der Waals surface area contributed by atoms with Gasteiger partial charge < -0.3 is 10.5 Å². The molecular weight excluding hydrogens is 238 g/mol. The first kappa shape index (κ1) is 12.0. The maximum absolute atomic E-state index is 5.89. The van der Waals surface area contributed by atoms with Crippen LogP contribution in [-0.2, 0) is 6.54 Å². The fraction of sp³-hybridized carbons (Fsp3) is 0.250. The molecule has 1 heterocycles. The molecule has 1 aromatic heterocycles. The zero-order valence-electron chi connectivity index (χ0n) is 9.56. The summed E-state index contributed by atoms with van der Waals surface area (Å²) < 4.78 is 7.53. The first-order chi connectivity index (χ1) is 8.20. The number of halogens is 1. The van der Waals surface area contributed by atoms with Gasteiger partial charge in [-0.3, -0.25) is 4.68 Å². The molecular formula is C12H14ClN3O. The standard InChI is InChI=1S/C12H14ClN3O/c1-9-12(8-15-16(9)6-5-14)17-11-4-2-3-10(13)7-11/h2-4,7-8H,5-6,14H2,1H3. The van der Waals surface area contributed by atoms with Gasteiger partial charge in [-0.25, -0.2) is 0 Å². The molecule has 2 aromatic rings. The smallest absolute Gasteiger partial charge is 0.168 e. The van der Waals surface area contributed by atoms with Crippen molar-refractivity contribution in [3.63, 3.8) is 0 Å². The maximum Gasteiger partial charge on any atom is 0.168 e. The predicted octanol–water partition coefficient (Wildman–Crippen LogP) is 2.60. The summed E-state index contributed by atoms with van der Waals surface area (Å²) in [5.74, 6) is 1.42. The lowest BCUT2D eigenvalue weighted by molar-refractivity contribution is 0.475. The first-order valence-corrected chi connectivity index (χ1v) is 5.74. The van der Waals surface area contributed by atoms with E-state index < -0.39 is 0 Å². The van der Waals surface area contributed by atoms with Crippen molar-refractivity contribution < 1.29 is 4.74 Å². The molecule has 0 bridgehead atoms. The minimum atomic E-state index is 0.555. The van der Waals surface area contributed by atoms with Gasteiger partial charge in [0.15, 0.2) is 5.75 Å². The summed E-state index contributed by atoms with van der Waals surface area (Å²) >= 11 is 5.89. The summed E-state index contributed by atoms with van der Waals surface area (Å²) in [6, 6.07) is 7.27. The monoisotopic (exact) mass is 251 g/mol. The van der Waals surface area contributed by atoms with Crippen LogP contribution >= 0.6 is 11.6 Å². The third-order valence-corrected chi connectivity index (χ3v) is 2.66. The zero-order chi connectivity index (χ0) is 12.3. The number of ether oxygens (including phenoxy) is 1. The highest BCUT2D eigenvalue weighted by atomic mass is 35.5. The van der Waals surface area contributed by atoms with Gasteiger partial charge in [-0.2, -0.15) is 5.10 Å². The van der Waals surface area contributed by atoms with Crippen LogP contribution in [0.4, 0.5) is 0 Å². The Bertz CT molecular complexity index is 510. The van der Waals surface area contributed by atoms with E-state index in [9.17, 15) is 0 Å². The Kier molecular flexibility index (Phi) is 3.66. The van der Waals surface area contributed by atoms with Crippen LogP contribution in [0.2, 0.25) is 5.02 Å². The molecule has 0 amide bonds. The number of rotatable bonds is 4. The number of benzene rings is 1. The van der Waals surface area contributed by atoms with Crippen molar-refractivity contribution in [3.8, 4) is 11.5 Å². The van der Waals surface area contributed by atoms with Crippen LogP contribution in [0.15, 0.2) is 30.5 Å². The summed E-state index contributed by atoms with van der Waals surface area (Å²) in [6.07, 6.45) is 1.69. The van der Waals surface area contributed by atoms with E-state index in [-0.39, 0.29) is 0 Å². The lowest BCUT2D eigenvalue weighted by atomic mass is 10.3. The molecule has 5 heteroatoms. The predicted molar refractivity (Wildman–Crippen MR) is 67.5 cm³/mol. The Morgan fingerprint density at radius 3 is 3.00 bits per heavy atom. The lowest BCUT2D eigenvalue weighted by Crippen LogP contribution is -2.12. The van der Waals surface area contributed by atoms with E-state index in [1.807, 2.05) is 23.7 Å². The number of hydrogen-bond acceptors (Lipinski definition) is 3. The van der Waals surface area contributed by atoms with Gasteiger partial charge in [0.2, 0.25) is 0 Å². The second kappa shape index (κ2) is 5.21. The van der Waals surface area contributed by atoms with Crippen molar-refractivity contribution in [2.45, 2.75) is 13.5 Å². The molecule has 17 heavy (non-hydrogen) atoms. The van der Waals surface area contributed by atoms with E-state index in [4.69, 9.17) is 22.1 Å². The second-order valence-corrected chi connectivity index (χ2v) is 4.10. The third-order valence-electron chi connectivity index (χ3n) is 2.42. The van der Waals surface area contributed by atoms with Crippen LogP contribution in [0.1, 0.15) is 5.69 Å². The van der Waals surface area contributed by atoms with Crippen LogP contribution in [0.25, 0.3) is 0 Å². The van der Waals surface area contributed by atoms with Crippen molar-refractivity contribution in [1.82, 2.24) is 9.78 Å². The number of nitrogens with two attached hydrogens (primary N) is 1. The zero-order valence-corrected chi connectivity index (χ0v) is 10.3. The third kappa shape index (κ3) is 2.78. The number of hydrogen-bond donors (Lipinski definition) is 1. The highest BCUT2D eigenvalue weighted by molar-refractivity contribution is 6.30. The van der Waals surface area contributed by atoms with E-state index >= 15 is 0 Å². The quantitative estimate of drug-likeness (QED) is 0.909. The Balaban J connectivity index is 2.19. The molecule has 90 valence electrons. The minimum absolute atomic E-state index is 0.555. The van der Waals surface area contributed by atoms with Crippen LogP contribution in [0.3, 0.4) is 0 Å². The van der Waals surface area contributed by atoms with E-state index in [2.05, 4.69) is 5.10 Å². The highest BCUT2D eigenvalue weighted by Crippen LogP contribution is 2.26. The van der Waals surface area contributed by atoms with Gasteiger partial charge in [-0.15, -0.1) is 0 Å². The molecule has 0 aliphatic heterocycles. The highest BCUT2D eigenvalue weighted by Gasteiger charge is 2.08. The van der Waals surface area contributed by atoms with Crippen molar-refractivity contribution >= 4 is 11.6 Å². The van der Waals surface area contributed by atoms with Gasteiger partial charge in [0.25, 0.3) is 0 Å². The second-order valence-electron chi connectivity index (χ2n) is 3.67. The molecule has 0 radical (unpaired) electrons. The maximum atomic E-state index is 5.89. The largest absolute Gasteiger partial charge is 0.454 e. The summed E-state index contributed by atoms with van der Waals surface area (Å²) in [6.45, 7) is 3.19. The molecule has 0 aliphatic rings. The lowest BCUT2D eigenvalue weighted by Gasteiger charge is -2.06. The van der Waals surface area contributed by atoms with Gasteiger partial charge in [0.1, 0.15) is 5.75 Å². The van der Waals surface area contributed by atoms with Crippen molar-refractivity contribution in [2.24, 2.45) is 5.73 Å². The molecule has 0 unspecified atom stereocenters. The normalized spacial score (nSPS) is 10.5. The van der Waals surface area contributed by atoms with Crippen LogP contribution in [0.5, 0.6) is 11.5 Å². The summed E-state index contributed by atoms with van der Waals surface area (Å²) in [5.41, 5.74) is 6.45. The molecule has 0 aliphatic carbocycles. The van der Waals surface area contributed by atoms with Crippen molar-refractivity contribution in [2.75, 3.05) is 6.54 Å². The topological polar surface area (TPSA) is 53.1 Å². The Labute approximate surface area is 105 Å². The molecule has 4 nitrogen and oxygen atoms in total. The number of nitrogens with zero attached hydrogens (tertiary/aromatic N) is 2. The Morgan fingerprint density at radius 1 is 1.47 bits per heavy atom. The van der Waals surface area contributed by atoms with Gasteiger partial charge in [-0.1, -0.05) is 17.7 Å². The summed E-state index contributed by atoms with van der Waals surface area (Å²) in [4.78, 5) is 0. The Hall–Kier alpha value is -1.52. The van der Waals surface area contributed by atoms with Gasteiger partial charge in [0, 0.05) is 11.6 Å². The van der Waals surface area contributed by atoms with Gasteiger partial charge in [-0.05, 0) is 25.1 Å². The molecule has 2 N–H and O–H groups in total. The fourth-order valence-electron chi connectivity index (χ4n) is 1.53.